The zero-order valence-corrected chi connectivity index (χ0v) is 9.04. The molecule has 2 N–H and O–H groups in total. The van der Waals surface area contributed by atoms with Gasteiger partial charge in [-0.1, -0.05) is 30.3 Å². The molecule has 2 atom stereocenters. The third-order valence-electron chi connectivity index (χ3n) is 2.14. The highest BCUT2D eigenvalue weighted by Gasteiger charge is 2.06. The van der Waals surface area contributed by atoms with Gasteiger partial charge in [0.1, 0.15) is 0 Å². The summed E-state index contributed by atoms with van der Waals surface area (Å²) in [6, 6.07) is 10.4. The largest absolute Gasteiger partial charge is 0.391 e. The minimum Gasteiger partial charge on any atom is -0.391 e. The molecule has 1 aromatic carbocycles. The summed E-state index contributed by atoms with van der Waals surface area (Å²) in [6.07, 6.45) is -0.470. The maximum Gasteiger partial charge on any atom is 0.0799 e. The van der Waals surface area contributed by atoms with Crippen molar-refractivity contribution in [2.75, 3.05) is 12.4 Å². The monoisotopic (exact) mass is 213 g/mol. The van der Waals surface area contributed by atoms with E-state index < -0.39 is 6.10 Å². The van der Waals surface area contributed by atoms with Gasteiger partial charge in [0.25, 0.3) is 0 Å². The number of benzene rings is 1. The Morgan fingerprint density at radius 3 is 2.57 bits per heavy atom. The zero-order chi connectivity index (χ0) is 10.4. The molecule has 0 saturated heterocycles. The fraction of sp³-hybridized carbons (Fsp3) is 0.455. The lowest BCUT2D eigenvalue weighted by Crippen LogP contribution is -2.29. The lowest BCUT2D eigenvalue weighted by Gasteiger charge is -2.15. The Morgan fingerprint density at radius 2 is 2.00 bits per heavy atom. The molecule has 2 nitrogen and oxygen atoms in total. The highest BCUT2D eigenvalue weighted by atomic mass is 35.5. The number of aliphatic hydroxyl groups is 1. The predicted molar refractivity (Wildman–Crippen MR) is 59.6 cm³/mol. The summed E-state index contributed by atoms with van der Waals surface area (Å²) in [4.78, 5) is 0. The molecule has 1 rings (SSSR count). The topological polar surface area (TPSA) is 32.3 Å². The van der Waals surface area contributed by atoms with Crippen LogP contribution in [0.5, 0.6) is 0 Å². The number of halogens is 1. The first-order valence-electron chi connectivity index (χ1n) is 4.76. The third-order valence-corrected chi connectivity index (χ3v) is 2.49. The molecular weight excluding hydrogens is 198 g/mol. The van der Waals surface area contributed by atoms with Gasteiger partial charge >= 0.3 is 0 Å². The fourth-order valence-electron chi connectivity index (χ4n) is 1.23. The molecule has 0 saturated carbocycles. The zero-order valence-electron chi connectivity index (χ0n) is 8.28. The van der Waals surface area contributed by atoms with Crippen LogP contribution >= 0.6 is 11.6 Å². The van der Waals surface area contributed by atoms with E-state index >= 15 is 0 Å². The van der Waals surface area contributed by atoms with E-state index in [0.29, 0.717) is 6.54 Å². The fourth-order valence-corrected chi connectivity index (χ4v) is 1.34. The van der Waals surface area contributed by atoms with Crippen molar-refractivity contribution in [3.05, 3.63) is 35.9 Å². The van der Waals surface area contributed by atoms with E-state index in [2.05, 4.69) is 24.4 Å². The molecule has 0 amide bonds. The molecule has 0 spiro atoms. The Hall–Kier alpha value is -0.570. The van der Waals surface area contributed by atoms with E-state index in [-0.39, 0.29) is 11.9 Å². The molecule has 0 radical (unpaired) electrons. The Bertz CT molecular complexity index is 253. The standard InChI is InChI=1S/C11H16ClNO/c1-9(13-8-11(14)7-12)10-5-3-2-4-6-10/h2-6,9,11,13-14H,7-8H2,1H3. The maximum atomic E-state index is 9.26. The number of nitrogens with one attached hydrogen (secondary N) is 1. The summed E-state index contributed by atoms with van der Waals surface area (Å²) < 4.78 is 0. The van der Waals surface area contributed by atoms with Gasteiger partial charge in [-0.3, -0.25) is 0 Å². The molecule has 0 heterocycles. The minimum atomic E-state index is -0.470. The first kappa shape index (κ1) is 11.5. The van der Waals surface area contributed by atoms with Crippen LogP contribution in [0.3, 0.4) is 0 Å². The van der Waals surface area contributed by atoms with Crippen molar-refractivity contribution in [2.45, 2.75) is 19.1 Å². The van der Waals surface area contributed by atoms with Gasteiger partial charge in [-0.05, 0) is 12.5 Å². The van der Waals surface area contributed by atoms with Crippen molar-refractivity contribution in [1.82, 2.24) is 5.32 Å². The van der Waals surface area contributed by atoms with E-state index in [0.717, 1.165) is 0 Å². The number of hydrogen-bond donors (Lipinski definition) is 2. The molecule has 0 aliphatic heterocycles. The van der Waals surface area contributed by atoms with Crippen molar-refractivity contribution < 1.29 is 5.11 Å². The second-order valence-corrected chi connectivity index (χ2v) is 3.66. The maximum absolute atomic E-state index is 9.26. The highest BCUT2D eigenvalue weighted by Crippen LogP contribution is 2.10. The van der Waals surface area contributed by atoms with Crippen molar-refractivity contribution in [1.29, 1.82) is 0 Å². The van der Waals surface area contributed by atoms with Gasteiger partial charge in [-0.2, -0.15) is 0 Å². The minimum absolute atomic E-state index is 0.245. The van der Waals surface area contributed by atoms with Crippen LogP contribution < -0.4 is 5.32 Å². The lowest BCUT2D eigenvalue weighted by molar-refractivity contribution is 0.190. The number of aliphatic hydroxyl groups excluding tert-OH is 1. The smallest absolute Gasteiger partial charge is 0.0799 e. The van der Waals surface area contributed by atoms with Crippen LogP contribution in [0.25, 0.3) is 0 Å². The van der Waals surface area contributed by atoms with Gasteiger partial charge in [0.05, 0.1) is 6.10 Å². The molecule has 0 aliphatic carbocycles. The second kappa shape index (κ2) is 6.02. The molecule has 2 unspecified atom stereocenters. The van der Waals surface area contributed by atoms with Crippen molar-refractivity contribution in [3.63, 3.8) is 0 Å². The molecule has 1 aromatic rings. The summed E-state index contributed by atoms with van der Waals surface area (Å²) in [5.74, 6) is 0.272. The molecule has 78 valence electrons. The van der Waals surface area contributed by atoms with E-state index in [9.17, 15) is 5.11 Å². The number of rotatable bonds is 5. The second-order valence-electron chi connectivity index (χ2n) is 3.35. The van der Waals surface area contributed by atoms with Gasteiger partial charge < -0.3 is 10.4 Å². The van der Waals surface area contributed by atoms with E-state index in [4.69, 9.17) is 11.6 Å². The summed E-state index contributed by atoms with van der Waals surface area (Å²) in [7, 11) is 0. The van der Waals surface area contributed by atoms with E-state index in [1.165, 1.54) is 5.56 Å². The average molecular weight is 214 g/mol. The number of alkyl halides is 1. The predicted octanol–water partition coefficient (Wildman–Crippen LogP) is 1.94. The first-order valence-corrected chi connectivity index (χ1v) is 5.30. The molecule has 0 aromatic heterocycles. The van der Waals surface area contributed by atoms with Gasteiger partial charge in [-0.25, -0.2) is 0 Å². The normalized spacial score (nSPS) is 15.1. The van der Waals surface area contributed by atoms with Crippen molar-refractivity contribution in [2.24, 2.45) is 0 Å². The van der Waals surface area contributed by atoms with Crippen LogP contribution in [0, 0.1) is 0 Å². The molecule has 0 fully saturated rings. The van der Waals surface area contributed by atoms with E-state index in [1.807, 2.05) is 18.2 Å². The highest BCUT2D eigenvalue weighted by molar-refractivity contribution is 6.18. The average Bonchev–Trinajstić information content (AvgIpc) is 2.26. The molecule has 0 aliphatic rings. The molecule has 3 heteroatoms. The summed E-state index contributed by atoms with van der Waals surface area (Å²) in [5, 5.41) is 12.5. The quantitative estimate of drug-likeness (QED) is 0.733. The SMILES string of the molecule is CC(NCC(O)CCl)c1ccccc1. The summed E-state index contributed by atoms with van der Waals surface area (Å²) in [6.45, 7) is 2.59. The Kier molecular flexibility index (Phi) is 4.94. The first-order chi connectivity index (χ1) is 6.74. The summed E-state index contributed by atoms with van der Waals surface area (Å²) >= 11 is 5.49. The Balaban J connectivity index is 2.39. The van der Waals surface area contributed by atoms with Crippen LogP contribution in [0.2, 0.25) is 0 Å². The van der Waals surface area contributed by atoms with Gasteiger partial charge in [0.15, 0.2) is 0 Å². The molecular formula is C11H16ClNO. The van der Waals surface area contributed by atoms with Crippen LogP contribution in [0.15, 0.2) is 30.3 Å². The summed E-state index contributed by atoms with van der Waals surface area (Å²) in [5.41, 5.74) is 1.22. The third kappa shape index (κ3) is 3.66. The lowest BCUT2D eigenvalue weighted by atomic mass is 10.1. The van der Waals surface area contributed by atoms with Crippen molar-refractivity contribution in [3.8, 4) is 0 Å². The van der Waals surface area contributed by atoms with Crippen LogP contribution in [0.4, 0.5) is 0 Å². The van der Waals surface area contributed by atoms with E-state index in [1.54, 1.807) is 0 Å². The van der Waals surface area contributed by atoms with Crippen LogP contribution in [0.1, 0.15) is 18.5 Å². The Labute approximate surface area is 89.9 Å². The van der Waals surface area contributed by atoms with Crippen LogP contribution in [-0.2, 0) is 0 Å². The van der Waals surface area contributed by atoms with Gasteiger partial charge in [-0.15, -0.1) is 11.6 Å². The van der Waals surface area contributed by atoms with Crippen molar-refractivity contribution >= 4 is 11.6 Å². The van der Waals surface area contributed by atoms with Gasteiger partial charge in [0, 0.05) is 18.5 Å². The number of hydrogen-bond acceptors (Lipinski definition) is 2. The van der Waals surface area contributed by atoms with Crippen LogP contribution in [-0.4, -0.2) is 23.6 Å². The Morgan fingerprint density at radius 1 is 1.36 bits per heavy atom. The van der Waals surface area contributed by atoms with Gasteiger partial charge in [0.2, 0.25) is 0 Å². The molecule has 14 heavy (non-hydrogen) atoms. The molecule has 0 bridgehead atoms.